The van der Waals surface area contributed by atoms with Crippen LogP contribution >= 0.6 is 34.4 Å². The predicted octanol–water partition coefficient (Wildman–Crippen LogP) is 2.80. The number of amidine groups is 1. The Balaban J connectivity index is 2.28. The first-order chi connectivity index (χ1) is 10.9. The van der Waals surface area contributed by atoms with E-state index in [4.69, 9.17) is 9.47 Å². The van der Waals surface area contributed by atoms with Gasteiger partial charge in [-0.05, 0) is 65.0 Å². The summed E-state index contributed by atoms with van der Waals surface area (Å²) >= 11 is 3.29. The molecule has 0 atom stereocenters. The molecular weight excluding hydrogens is 431 g/mol. The van der Waals surface area contributed by atoms with E-state index in [2.05, 4.69) is 32.9 Å². The highest BCUT2D eigenvalue weighted by Gasteiger charge is 2.23. The van der Waals surface area contributed by atoms with Crippen molar-refractivity contribution < 1.29 is 19.1 Å². The Morgan fingerprint density at radius 2 is 2.22 bits per heavy atom. The summed E-state index contributed by atoms with van der Waals surface area (Å²) in [6, 6.07) is 3.69. The third-order valence-electron chi connectivity index (χ3n) is 2.74. The summed E-state index contributed by atoms with van der Waals surface area (Å²) < 4.78 is 11.8. The number of carbonyl (C=O) groups excluding carboxylic acids is 2. The maximum absolute atomic E-state index is 11.9. The molecule has 2 amide bonds. The van der Waals surface area contributed by atoms with Crippen molar-refractivity contribution in [2.75, 3.05) is 13.7 Å². The number of amides is 2. The molecule has 2 rings (SSSR count). The molecule has 0 radical (unpaired) electrons. The fourth-order valence-electron chi connectivity index (χ4n) is 1.87. The van der Waals surface area contributed by atoms with Gasteiger partial charge in [-0.2, -0.15) is 4.99 Å². The van der Waals surface area contributed by atoms with Gasteiger partial charge in [0.1, 0.15) is 0 Å². The van der Waals surface area contributed by atoms with Crippen molar-refractivity contribution in [2.24, 2.45) is 4.99 Å². The second-order valence-corrected chi connectivity index (χ2v) is 6.67. The van der Waals surface area contributed by atoms with Gasteiger partial charge in [0.25, 0.3) is 5.91 Å². The van der Waals surface area contributed by atoms with Gasteiger partial charge in [-0.1, -0.05) is 0 Å². The molecular formula is C15H15IN2O4S. The second kappa shape index (κ2) is 7.82. The van der Waals surface area contributed by atoms with Crippen LogP contribution in [0.3, 0.4) is 0 Å². The largest absolute Gasteiger partial charge is 0.493 e. The minimum atomic E-state index is -0.374. The first-order valence-corrected chi connectivity index (χ1v) is 8.64. The Morgan fingerprint density at radius 3 is 2.83 bits per heavy atom. The fourth-order valence-corrected chi connectivity index (χ4v) is 3.51. The minimum absolute atomic E-state index is 0.261. The first-order valence-electron chi connectivity index (χ1n) is 6.75. The van der Waals surface area contributed by atoms with Crippen molar-refractivity contribution in [3.05, 3.63) is 26.2 Å². The summed E-state index contributed by atoms with van der Waals surface area (Å²) in [4.78, 5) is 27.2. The van der Waals surface area contributed by atoms with Crippen LogP contribution in [0.4, 0.5) is 0 Å². The molecule has 0 aliphatic carbocycles. The lowest BCUT2D eigenvalue weighted by molar-refractivity contribution is -0.117. The molecule has 1 heterocycles. The second-order valence-electron chi connectivity index (χ2n) is 4.48. The standard InChI is InChI=1S/C15H15IN2O4S/c1-4-22-13-10(16)5-9(6-11(13)21-3)7-12-14(20)18-15(23-12)17-8(2)19/h5-7H,4H2,1-3H3,(H,17,18,19,20). The van der Waals surface area contributed by atoms with Gasteiger partial charge in [-0.15, -0.1) is 0 Å². The number of ether oxygens (including phenoxy) is 2. The van der Waals surface area contributed by atoms with E-state index in [1.54, 1.807) is 19.3 Å². The van der Waals surface area contributed by atoms with Crippen LogP contribution in [0, 0.1) is 3.57 Å². The molecule has 1 N–H and O–H groups in total. The van der Waals surface area contributed by atoms with Crippen molar-refractivity contribution in [3.8, 4) is 11.5 Å². The Hall–Kier alpha value is -1.55. The quantitative estimate of drug-likeness (QED) is 0.569. The molecule has 1 aromatic carbocycles. The van der Waals surface area contributed by atoms with Crippen molar-refractivity contribution in [1.29, 1.82) is 0 Å². The molecule has 6 nitrogen and oxygen atoms in total. The lowest BCUT2D eigenvalue weighted by Gasteiger charge is -2.12. The van der Waals surface area contributed by atoms with Crippen LogP contribution < -0.4 is 14.8 Å². The maximum atomic E-state index is 11.9. The summed E-state index contributed by atoms with van der Waals surface area (Å²) in [5.41, 5.74) is 0.796. The summed E-state index contributed by atoms with van der Waals surface area (Å²) in [7, 11) is 1.57. The van der Waals surface area contributed by atoms with E-state index in [0.717, 1.165) is 20.9 Å². The topological polar surface area (TPSA) is 77.0 Å². The lowest BCUT2D eigenvalue weighted by Crippen LogP contribution is -2.23. The molecule has 8 heteroatoms. The minimum Gasteiger partial charge on any atom is -0.493 e. The highest BCUT2D eigenvalue weighted by atomic mass is 127. The number of hydrogen-bond acceptors (Lipinski definition) is 5. The van der Waals surface area contributed by atoms with Gasteiger partial charge >= 0.3 is 0 Å². The normalized spacial score (nSPS) is 15.6. The van der Waals surface area contributed by atoms with E-state index >= 15 is 0 Å². The highest BCUT2D eigenvalue weighted by Crippen LogP contribution is 2.36. The number of methoxy groups -OCH3 is 1. The summed E-state index contributed by atoms with van der Waals surface area (Å²) in [5, 5.41) is 2.81. The van der Waals surface area contributed by atoms with E-state index in [1.807, 2.05) is 13.0 Å². The van der Waals surface area contributed by atoms with Crippen molar-refractivity contribution >= 4 is 57.4 Å². The zero-order chi connectivity index (χ0) is 17.0. The number of nitrogens with one attached hydrogen (secondary N) is 1. The van der Waals surface area contributed by atoms with E-state index in [0.29, 0.717) is 28.2 Å². The summed E-state index contributed by atoms with van der Waals surface area (Å²) in [6.45, 7) is 3.81. The number of aliphatic imine (C=N–C) groups is 1. The van der Waals surface area contributed by atoms with Gasteiger partial charge in [0.2, 0.25) is 5.91 Å². The average Bonchev–Trinajstić information content (AvgIpc) is 2.80. The molecule has 0 saturated carbocycles. The monoisotopic (exact) mass is 446 g/mol. The van der Waals surface area contributed by atoms with Crippen LogP contribution in [0.1, 0.15) is 19.4 Å². The van der Waals surface area contributed by atoms with Crippen LogP contribution in [0.2, 0.25) is 0 Å². The number of nitrogens with zero attached hydrogens (tertiary/aromatic N) is 1. The van der Waals surface area contributed by atoms with Crippen molar-refractivity contribution in [1.82, 2.24) is 5.32 Å². The zero-order valence-corrected chi connectivity index (χ0v) is 15.8. The van der Waals surface area contributed by atoms with Crippen LogP contribution in [-0.2, 0) is 9.59 Å². The van der Waals surface area contributed by atoms with Crippen molar-refractivity contribution in [3.63, 3.8) is 0 Å². The van der Waals surface area contributed by atoms with Crippen LogP contribution in [-0.4, -0.2) is 30.7 Å². The molecule has 122 valence electrons. The van der Waals surface area contributed by atoms with E-state index in [1.165, 1.54) is 6.92 Å². The zero-order valence-electron chi connectivity index (χ0n) is 12.8. The SMILES string of the molecule is CCOc1c(I)cc(C=C2SC(NC(C)=O)=NC2=O)cc1OC. The Bertz CT molecular complexity index is 716. The third-order valence-corrected chi connectivity index (χ3v) is 4.44. The van der Waals surface area contributed by atoms with E-state index in [-0.39, 0.29) is 11.8 Å². The predicted molar refractivity (Wildman–Crippen MR) is 98.7 cm³/mol. The number of halogens is 1. The molecule has 0 aromatic heterocycles. The Kier molecular flexibility index (Phi) is 6.05. The highest BCUT2D eigenvalue weighted by molar-refractivity contribution is 14.1. The number of hydrogen-bond donors (Lipinski definition) is 1. The number of benzene rings is 1. The molecule has 0 bridgehead atoms. The molecule has 0 unspecified atom stereocenters. The van der Waals surface area contributed by atoms with Crippen LogP contribution in [0.15, 0.2) is 22.0 Å². The third kappa shape index (κ3) is 4.47. The number of rotatable bonds is 4. The lowest BCUT2D eigenvalue weighted by atomic mass is 10.2. The molecule has 0 saturated heterocycles. The van der Waals surface area contributed by atoms with Crippen molar-refractivity contribution in [2.45, 2.75) is 13.8 Å². The molecule has 0 fully saturated rings. The molecule has 0 spiro atoms. The van der Waals surface area contributed by atoms with E-state index < -0.39 is 0 Å². The first kappa shape index (κ1) is 17.8. The number of thioether (sulfide) groups is 1. The van der Waals surface area contributed by atoms with Gasteiger partial charge < -0.3 is 14.8 Å². The van der Waals surface area contributed by atoms with Gasteiger partial charge in [-0.3, -0.25) is 9.59 Å². The molecule has 23 heavy (non-hydrogen) atoms. The maximum Gasteiger partial charge on any atom is 0.286 e. The van der Waals surface area contributed by atoms with Crippen LogP contribution in [0.25, 0.3) is 6.08 Å². The summed E-state index contributed by atoms with van der Waals surface area (Å²) in [5.74, 6) is 0.645. The average molecular weight is 446 g/mol. The van der Waals surface area contributed by atoms with Gasteiger partial charge in [0.15, 0.2) is 16.7 Å². The molecule has 1 aliphatic heterocycles. The Labute approximate surface area is 151 Å². The van der Waals surface area contributed by atoms with Gasteiger partial charge in [0, 0.05) is 6.92 Å². The fraction of sp³-hybridized carbons (Fsp3) is 0.267. The summed E-state index contributed by atoms with van der Waals surface area (Å²) in [6.07, 6.45) is 1.71. The van der Waals surface area contributed by atoms with E-state index in [9.17, 15) is 9.59 Å². The van der Waals surface area contributed by atoms with Gasteiger partial charge in [-0.25, -0.2) is 0 Å². The van der Waals surface area contributed by atoms with Crippen LogP contribution in [0.5, 0.6) is 11.5 Å². The van der Waals surface area contributed by atoms with Gasteiger partial charge in [0.05, 0.1) is 22.2 Å². The molecule has 1 aliphatic rings. The molecule has 1 aromatic rings. The number of carbonyl (C=O) groups is 2. The smallest absolute Gasteiger partial charge is 0.286 e. The Morgan fingerprint density at radius 1 is 1.48 bits per heavy atom.